The van der Waals surface area contributed by atoms with Gasteiger partial charge in [0.1, 0.15) is 11.6 Å². The Kier molecular flexibility index (Phi) is 4.94. The number of oxazole rings is 1. The lowest BCUT2D eigenvalue weighted by Crippen LogP contribution is -2.47. The van der Waals surface area contributed by atoms with Gasteiger partial charge in [0.15, 0.2) is 5.58 Å². The summed E-state index contributed by atoms with van der Waals surface area (Å²) < 4.78 is 11.8. The van der Waals surface area contributed by atoms with Gasteiger partial charge in [-0.25, -0.2) is 0 Å². The van der Waals surface area contributed by atoms with E-state index in [0.717, 1.165) is 42.6 Å². The van der Waals surface area contributed by atoms with Crippen LogP contribution in [0.25, 0.3) is 11.1 Å². The minimum absolute atomic E-state index is 0.0336. The molecular weight excluding hydrogens is 366 g/mol. The number of para-hydroxylation sites is 2. The van der Waals surface area contributed by atoms with Gasteiger partial charge < -0.3 is 19.0 Å². The average molecular weight is 391 g/mol. The summed E-state index contributed by atoms with van der Waals surface area (Å²) >= 11 is 0. The van der Waals surface area contributed by atoms with E-state index < -0.39 is 0 Å². The molecule has 1 unspecified atom stereocenters. The van der Waals surface area contributed by atoms with Gasteiger partial charge in [0.2, 0.25) is 5.91 Å². The second kappa shape index (κ2) is 7.87. The van der Waals surface area contributed by atoms with Crippen molar-refractivity contribution in [3.63, 3.8) is 0 Å². The maximum absolute atomic E-state index is 13.1. The van der Waals surface area contributed by atoms with Crippen molar-refractivity contribution in [3.05, 3.63) is 60.2 Å². The quantitative estimate of drug-likeness (QED) is 0.682. The Morgan fingerprint density at radius 1 is 0.966 bits per heavy atom. The number of carbonyl (C=O) groups excluding carboxylic acids is 1. The molecule has 6 nitrogen and oxygen atoms in total. The SMILES string of the molecule is O=C(C1CCN(c2nc3ccccc3o2)CC1)N1CCOC(c2ccccc2)C1. The van der Waals surface area contributed by atoms with Crippen LogP contribution in [0.5, 0.6) is 0 Å². The summed E-state index contributed by atoms with van der Waals surface area (Å²) in [5.41, 5.74) is 2.82. The van der Waals surface area contributed by atoms with Gasteiger partial charge in [-0.1, -0.05) is 42.5 Å². The summed E-state index contributed by atoms with van der Waals surface area (Å²) in [6.45, 7) is 3.47. The molecule has 1 amide bonds. The lowest BCUT2D eigenvalue weighted by Gasteiger charge is -2.37. The molecule has 0 spiro atoms. The molecule has 29 heavy (non-hydrogen) atoms. The first kappa shape index (κ1) is 18.2. The van der Waals surface area contributed by atoms with Crippen LogP contribution in [0.2, 0.25) is 0 Å². The van der Waals surface area contributed by atoms with Crippen LogP contribution in [0.1, 0.15) is 24.5 Å². The molecule has 0 N–H and O–H groups in total. The highest BCUT2D eigenvalue weighted by molar-refractivity contribution is 5.79. The molecule has 1 aromatic heterocycles. The minimum Gasteiger partial charge on any atom is -0.423 e. The van der Waals surface area contributed by atoms with E-state index in [1.165, 1.54) is 0 Å². The molecule has 0 aliphatic carbocycles. The first-order chi connectivity index (χ1) is 14.3. The number of piperidine rings is 1. The van der Waals surface area contributed by atoms with Crippen LogP contribution in [-0.2, 0) is 9.53 Å². The van der Waals surface area contributed by atoms with Crippen molar-refractivity contribution in [1.82, 2.24) is 9.88 Å². The Morgan fingerprint density at radius 3 is 2.52 bits per heavy atom. The lowest BCUT2D eigenvalue weighted by atomic mass is 9.95. The second-order valence-corrected chi connectivity index (χ2v) is 7.78. The van der Waals surface area contributed by atoms with Gasteiger partial charge in [0.25, 0.3) is 6.01 Å². The van der Waals surface area contributed by atoms with Gasteiger partial charge in [-0.05, 0) is 30.5 Å². The predicted octanol–water partition coefficient (Wildman–Crippen LogP) is 3.64. The van der Waals surface area contributed by atoms with Gasteiger partial charge >= 0.3 is 0 Å². The van der Waals surface area contributed by atoms with Crippen molar-refractivity contribution in [2.45, 2.75) is 18.9 Å². The zero-order chi connectivity index (χ0) is 19.6. The minimum atomic E-state index is -0.0336. The number of aromatic nitrogens is 1. The highest BCUT2D eigenvalue weighted by Gasteiger charge is 2.33. The molecule has 2 fully saturated rings. The van der Waals surface area contributed by atoms with Crippen molar-refractivity contribution < 1.29 is 13.9 Å². The molecule has 6 heteroatoms. The number of fused-ring (bicyclic) bond motifs is 1. The molecular formula is C23H25N3O3. The summed E-state index contributed by atoms with van der Waals surface area (Å²) in [5, 5.41) is 0. The Labute approximate surface area is 170 Å². The highest BCUT2D eigenvalue weighted by atomic mass is 16.5. The standard InChI is InChI=1S/C23H25N3O3/c27-22(26-14-15-28-21(16-26)17-6-2-1-3-7-17)18-10-12-25(13-11-18)23-24-19-8-4-5-9-20(19)29-23/h1-9,18,21H,10-16H2. The van der Waals surface area contributed by atoms with E-state index in [4.69, 9.17) is 9.15 Å². The van der Waals surface area contributed by atoms with Gasteiger partial charge in [-0.15, -0.1) is 0 Å². The number of nitrogens with zero attached hydrogens (tertiary/aromatic N) is 3. The number of amides is 1. The van der Waals surface area contributed by atoms with E-state index in [1.54, 1.807) is 0 Å². The molecule has 1 atom stereocenters. The largest absolute Gasteiger partial charge is 0.423 e. The third-order valence-corrected chi connectivity index (χ3v) is 5.95. The van der Waals surface area contributed by atoms with E-state index in [-0.39, 0.29) is 17.9 Å². The molecule has 2 aliphatic rings. The summed E-state index contributed by atoms with van der Waals surface area (Å²) in [6.07, 6.45) is 1.62. The van der Waals surface area contributed by atoms with Crippen molar-refractivity contribution >= 4 is 23.0 Å². The predicted molar refractivity (Wildman–Crippen MR) is 111 cm³/mol. The van der Waals surface area contributed by atoms with Crippen LogP contribution in [0, 0.1) is 5.92 Å². The van der Waals surface area contributed by atoms with E-state index in [1.807, 2.05) is 47.4 Å². The van der Waals surface area contributed by atoms with Gasteiger partial charge in [0, 0.05) is 25.6 Å². The topological polar surface area (TPSA) is 58.8 Å². The summed E-state index contributed by atoms with van der Waals surface area (Å²) in [6, 6.07) is 18.6. The zero-order valence-electron chi connectivity index (χ0n) is 16.4. The van der Waals surface area contributed by atoms with Crippen molar-refractivity contribution in [1.29, 1.82) is 0 Å². The Bertz CT molecular complexity index is 946. The molecule has 0 saturated carbocycles. The molecule has 3 heterocycles. The smallest absolute Gasteiger partial charge is 0.298 e. The number of rotatable bonds is 3. The van der Waals surface area contributed by atoms with Crippen LogP contribution in [0.15, 0.2) is 59.0 Å². The van der Waals surface area contributed by atoms with Crippen LogP contribution in [0.3, 0.4) is 0 Å². The van der Waals surface area contributed by atoms with Gasteiger partial charge in [-0.3, -0.25) is 4.79 Å². The lowest BCUT2D eigenvalue weighted by molar-refractivity contribution is -0.144. The Balaban J connectivity index is 1.20. The highest BCUT2D eigenvalue weighted by Crippen LogP contribution is 2.29. The van der Waals surface area contributed by atoms with E-state index >= 15 is 0 Å². The first-order valence-corrected chi connectivity index (χ1v) is 10.3. The fourth-order valence-electron chi connectivity index (χ4n) is 4.29. The molecule has 0 radical (unpaired) electrons. The van der Waals surface area contributed by atoms with Crippen LogP contribution in [-0.4, -0.2) is 48.6 Å². The zero-order valence-corrected chi connectivity index (χ0v) is 16.4. The molecule has 150 valence electrons. The number of hydrogen-bond acceptors (Lipinski definition) is 5. The van der Waals surface area contributed by atoms with Crippen molar-refractivity contribution in [2.75, 3.05) is 37.7 Å². The first-order valence-electron chi connectivity index (χ1n) is 10.3. The molecule has 0 bridgehead atoms. The second-order valence-electron chi connectivity index (χ2n) is 7.78. The van der Waals surface area contributed by atoms with E-state index in [2.05, 4.69) is 22.0 Å². The van der Waals surface area contributed by atoms with Gasteiger partial charge in [-0.2, -0.15) is 4.98 Å². The number of morpholine rings is 1. The fourth-order valence-corrected chi connectivity index (χ4v) is 4.29. The number of anilines is 1. The third kappa shape index (κ3) is 3.72. The summed E-state index contributed by atoms with van der Waals surface area (Å²) in [4.78, 5) is 21.8. The van der Waals surface area contributed by atoms with E-state index in [0.29, 0.717) is 25.7 Å². The Hall–Kier alpha value is -2.86. The summed E-state index contributed by atoms with van der Waals surface area (Å²) in [5.74, 6) is 0.316. The van der Waals surface area contributed by atoms with Crippen molar-refractivity contribution in [2.24, 2.45) is 5.92 Å². The monoisotopic (exact) mass is 391 g/mol. The molecule has 2 aliphatic heterocycles. The number of hydrogen-bond donors (Lipinski definition) is 0. The third-order valence-electron chi connectivity index (χ3n) is 5.95. The molecule has 2 aromatic carbocycles. The fraction of sp³-hybridized carbons (Fsp3) is 0.391. The van der Waals surface area contributed by atoms with Crippen LogP contribution in [0.4, 0.5) is 6.01 Å². The number of carbonyl (C=O) groups is 1. The average Bonchev–Trinajstić information content (AvgIpc) is 3.24. The normalized spacial score (nSPS) is 20.9. The van der Waals surface area contributed by atoms with Crippen LogP contribution >= 0.6 is 0 Å². The maximum atomic E-state index is 13.1. The van der Waals surface area contributed by atoms with Crippen molar-refractivity contribution in [3.8, 4) is 0 Å². The maximum Gasteiger partial charge on any atom is 0.298 e. The number of benzene rings is 2. The number of ether oxygens (including phenoxy) is 1. The Morgan fingerprint density at radius 2 is 1.72 bits per heavy atom. The van der Waals surface area contributed by atoms with Gasteiger partial charge in [0.05, 0.1) is 13.2 Å². The molecule has 5 rings (SSSR count). The van der Waals surface area contributed by atoms with Crippen LogP contribution < -0.4 is 4.90 Å². The molecule has 3 aromatic rings. The summed E-state index contributed by atoms with van der Waals surface area (Å²) in [7, 11) is 0. The molecule has 2 saturated heterocycles. The van der Waals surface area contributed by atoms with E-state index in [9.17, 15) is 4.79 Å².